The summed E-state index contributed by atoms with van der Waals surface area (Å²) in [6.45, 7) is 0. The molecule has 0 amide bonds. The van der Waals surface area contributed by atoms with Crippen molar-refractivity contribution in [1.29, 1.82) is 0 Å². The summed E-state index contributed by atoms with van der Waals surface area (Å²) < 4.78 is 5.22. The van der Waals surface area contributed by atoms with E-state index in [1.165, 1.54) is 5.01 Å². The monoisotopic (exact) mass is 249 g/mol. The van der Waals surface area contributed by atoms with Gasteiger partial charge < -0.3 is 10.5 Å². The molecule has 17 heavy (non-hydrogen) atoms. The Bertz CT molecular complexity index is 642. The third-order valence-corrected chi connectivity index (χ3v) is 2.57. The Labute approximate surface area is 102 Å². The predicted octanol–water partition coefficient (Wildman–Crippen LogP) is 1.34. The lowest BCUT2D eigenvalue weighted by Crippen LogP contribution is -2.30. The number of nitrogens with zero attached hydrogens (tertiary/aromatic N) is 4. The van der Waals surface area contributed by atoms with Gasteiger partial charge in [-0.05, 0) is 18.2 Å². The van der Waals surface area contributed by atoms with E-state index in [9.17, 15) is 0 Å². The van der Waals surface area contributed by atoms with E-state index in [4.69, 9.17) is 22.1 Å². The van der Waals surface area contributed by atoms with E-state index in [2.05, 4.69) is 15.1 Å². The Balaban J connectivity index is 2.25. The number of amidine groups is 1. The lowest BCUT2D eigenvalue weighted by Gasteiger charge is -2.20. The van der Waals surface area contributed by atoms with Crippen molar-refractivity contribution >= 4 is 34.5 Å². The number of aromatic nitrogens is 2. The molecule has 0 bridgehead atoms. The van der Waals surface area contributed by atoms with Crippen molar-refractivity contribution in [2.24, 2.45) is 10.8 Å². The van der Waals surface area contributed by atoms with Crippen LogP contribution in [0.3, 0.4) is 0 Å². The number of fused-ring (bicyclic) bond motifs is 2. The van der Waals surface area contributed by atoms with Crippen molar-refractivity contribution in [2.45, 2.75) is 0 Å². The first kappa shape index (κ1) is 10.1. The molecule has 6 nitrogen and oxygen atoms in total. The van der Waals surface area contributed by atoms with Crippen molar-refractivity contribution in [3.8, 4) is 5.88 Å². The second kappa shape index (κ2) is 3.46. The largest absolute Gasteiger partial charge is 0.402 e. The third-order valence-electron chi connectivity index (χ3n) is 2.33. The van der Waals surface area contributed by atoms with Crippen LogP contribution < -0.4 is 15.5 Å². The minimum Gasteiger partial charge on any atom is -0.402 e. The van der Waals surface area contributed by atoms with Gasteiger partial charge in [-0.2, -0.15) is 0 Å². The molecular formula is C10H8ClN5O. The zero-order valence-electron chi connectivity index (χ0n) is 8.88. The summed E-state index contributed by atoms with van der Waals surface area (Å²) in [4.78, 5) is 8.70. The van der Waals surface area contributed by atoms with Gasteiger partial charge in [0, 0.05) is 12.1 Å². The van der Waals surface area contributed by atoms with Gasteiger partial charge in [-0.1, -0.05) is 11.6 Å². The zero-order chi connectivity index (χ0) is 12.0. The molecule has 0 fully saturated rings. The number of hydrogen-bond donors (Lipinski definition) is 1. The third kappa shape index (κ3) is 1.62. The van der Waals surface area contributed by atoms with Gasteiger partial charge in [0.15, 0.2) is 0 Å². The zero-order valence-corrected chi connectivity index (χ0v) is 9.64. The number of rotatable bonds is 0. The summed E-state index contributed by atoms with van der Waals surface area (Å²) >= 11 is 5.89. The number of nitrogens with two attached hydrogens (primary N) is 1. The molecule has 0 radical (unpaired) electrons. The molecule has 3 rings (SSSR count). The maximum atomic E-state index is 5.89. The first-order chi connectivity index (χ1) is 8.13. The summed E-state index contributed by atoms with van der Waals surface area (Å²) in [6, 6.07) is 5.30. The van der Waals surface area contributed by atoms with Crippen molar-refractivity contribution < 1.29 is 4.74 Å². The molecule has 1 aliphatic rings. The second-order valence-electron chi connectivity index (χ2n) is 3.55. The van der Waals surface area contributed by atoms with Gasteiger partial charge in [0.05, 0.1) is 11.0 Å². The summed E-state index contributed by atoms with van der Waals surface area (Å²) in [5.41, 5.74) is 6.88. The van der Waals surface area contributed by atoms with E-state index in [0.717, 1.165) is 5.52 Å². The van der Waals surface area contributed by atoms with E-state index in [-0.39, 0.29) is 6.02 Å². The normalized spacial score (nSPS) is 14.2. The summed E-state index contributed by atoms with van der Waals surface area (Å²) in [5.74, 6) is 0.851. The second-order valence-corrected chi connectivity index (χ2v) is 3.99. The highest BCUT2D eigenvalue weighted by molar-refractivity contribution is 6.31. The van der Waals surface area contributed by atoms with E-state index in [1.807, 2.05) is 0 Å². The Morgan fingerprint density at radius 3 is 2.94 bits per heavy atom. The maximum Gasteiger partial charge on any atom is 0.311 e. The number of benzene rings is 1. The van der Waals surface area contributed by atoms with Crippen LogP contribution in [0.4, 0.5) is 5.82 Å². The Morgan fingerprint density at radius 1 is 1.29 bits per heavy atom. The van der Waals surface area contributed by atoms with Crippen LogP contribution in [0.2, 0.25) is 5.02 Å². The topological polar surface area (TPSA) is 76.6 Å². The summed E-state index contributed by atoms with van der Waals surface area (Å²) in [6.07, 6.45) is 0. The number of ether oxygens (including phenoxy) is 1. The molecule has 1 aromatic carbocycles. The first-order valence-corrected chi connectivity index (χ1v) is 5.24. The van der Waals surface area contributed by atoms with Crippen LogP contribution in [0, 0.1) is 0 Å². The molecule has 0 saturated carbocycles. The molecule has 2 N–H and O–H groups in total. The predicted molar refractivity (Wildman–Crippen MR) is 65.2 cm³/mol. The molecule has 2 heterocycles. The molecule has 0 spiro atoms. The number of anilines is 1. The van der Waals surface area contributed by atoms with Crippen LogP contribution in [-0.4, -0.2) is 23.0 Å². The van der Waals surface area contributed by atoms with Gasteiger partial charge in [-0.3, -0.25) is 0 Å². The van der Waals surface area contributed by atoms with E-state index >= 15 is 0 Å². The molecule has 0 atom stereocenters. The number of halogens is 1. The molecule has 86 valence electrons. The molecule has 1 aromatic heterocycles. The quantitative estimate of drug-likeness (QED) is 0.762. The van der Waals surface area contributed by atoms with Crippen molar-refractivity contribution in [3.05, 3.63) is 23.2 Å². The smallest absolute Gasteiger partial charge is 0.311 e. The molecule has 2 aromatic rings. The van der Waals surface area contributed by atoms with E-state index in [0.29, 0.717) is 22.2 Å². The lowest BCUT2D eigenvalue weighted by molar-refractivity contribution is 0.500. The fourth-order valence-electron chi connectivity index (χ4n) is 1.60. The SMILES string of the molecule is CN1N=C(N)Oc2nc3cc(Cl)ccc3nc21. The van der Waals surface area contributed by atoms with Gasteiger partial charge in [-0.15, -0.1) is 5.10 Å². The number of hydrogen-bond acceptors (Lipinski definition) is 6. The van der Waals surface area contributed by atoms with Crippen LogP contribution in [0.15, 0.2) is 23.3 Å². The minimum atomic E-state index is 0.0377. The standard InChI is InChI=1S/C10H8ClN5O/c1-16-8-9(17-10(12)15-16)14-7-4-5(11)2-3-6(7)13-8/h2-4H,1H3,(H2,12,15). The average molecular weight is 250 g/mol. The van der Waals surface area contributed by atoms with Gasteiger partial charge in [0.2, 0.25) is 5.82 Å². The van der Waals surface area contributed by atoms with E-state index in [1.54, 1.807) is 25.2 Å². The molecule has 7 heteroatoms. The van der Waals surface area contributed by atoms with Crippen LogP contribution in [0.5, 0.6) is 5.88 Å². The molecule has 1 aliphatic heterocycles. The van der Waals surface area contributed by atoms with Gasteiger partial charge in [-0.25, -0.2) is 15.0 Å². The average Bonchev–Trinajstić information content (AvgIpc) is 2.26. The van der Waals surface area contributed by atoms with Crippen LogP contribution in [-0.2, 0) is 0 Å². The van der Waals surface area contributed by atoms with Crippen molar-refractivity contribution in [1.82, 2.24) is 9.97 Å². The van der Waals surface area contributed by atoms with Gasteiger partial charge in [0.1, 0.15) is 0 Å². The maximum absolute atomic E-state index is 5.89. The lowest BCUT2D eigenvalue weighted by atomic mass is 10.3. The van der Waals surface area contributed by atoms with Gasteiger partial charge in [0.25, 0.3) is 5.88 Å². The van der Waals surface area contributed by atoms with E-state index < -0.39 is 0 Å². The minimum absolute atomic E-state index is 0.0377. The van der Waals surface area contributed by atoms with Gasteiger partial charge >= 0.3 is 6.02 Å². The van der Waals surface area contributed by atoms with Crippen molar-refractivity contribution in [3.63, 3.8) is 0 Å². The Kier molecular flexibility index (Phi) is 2.05. The molecule has 0 aliphatic carbocycles. The number of hydrazone groups is 1. The van der Waals surface area contributed by atoms with Crippen LogP contribution in [0.1, 0.15) is 0 Å². The molecular weight excluding hydrogens is 242 g/mol. The Hall–Kier alpha value is -2.08. The van der Waals surface area contributed by atoms with Crippen molar-refractivity contribution in [2.75, 3.05) is 12.1 Å². The van der Waals surface area contributed by atoms with Crippen LogP contribution in [0.25, 0.3) is 11.0 Å². The van der Waals surface area contributed by atoms with Crippen LogP contribution >= 0.6 is 11.6 Å². The highest BCUT2D eigenvalue weighted by Gasteiger charge is 2.20. The Morgan fingerprint density at radius 2 is 2.12 bits per heavy atom. The first-order valence-electron chi connectivity index (χ1n) is 4.86. The molecule has 0 unspecified atom stereocenters. The molecule has 0 saturated heterocycles. The highest BCUT2D eigenvalue weighted by atomic mass is 35.5. The summed E-state index contributed by atoms with van der Waals surface area (Å²) in [5, 5.41) is 6.04. The highest BCUT2D eigenvalue weighted by Crippen LogP contribution is 2.29. The fourth-order valence-corrected chi connectivity index (χ4v) is 1.76. The fraction of sp³-hybridized carbons (Fsp3) is 0.100. The summed E-state index contributed by atoms with van der Waals surface area (Å²) in [7, 11) is 1.73.